The van der Waals surface area contributed by atoms with Crippen LogP contribution in [0.15, 0.2) is 48.8 Å². The lowest BCUT2D eigenvalue weighted by Gasteiger charge is -2.47. The number of hydrogen-bond acceptors (Lipinski definition) is 3. The Morgan fingerprint density at radius 3 is 2.31 bits per heavy atom. The maximum absolute atomic E-state index is 6.06. The van der Waals surface area contributed by atoms with Gasteiger partial charge in [-0.2, -0.15) is 0 Å². The highest BCUT2D eigenvalue weighted by Gasteiger charge is 2.38. The predicted molar refractivity (Wildman–Crippen MR) is 125 cm³/mol. The Hall–Kier alpha value is -1.69. The van der Waals surface area contributed by atoms with Crippen molar-refractivity contribution < 1.29 is 0 Å². The molecule has 0 unspecified atom stereocenters. The van der Waals surface area contributed by atoms with Gasteiger partial charge < -0.3 is 15.5 Å². The molecule has 1 fully saturated rings. The molecule has 3 rings (SSSR count). The van der Waals surface area contributed by atoms with E-state index in [1.54, 1.807) is 6.20 Å². The van der Waals surface area contributed by atoms with Crippen molar-refractivity contribution in [2.45, 2.75) is 70.7 Å². The van der Waals surface area contributed by atoms with E-state index in [0.717, 1.165) is 35.1 Å². The summed E-state index contributed by atoms with van der Waals surface area (Å²) < 4.78 is 0. The van der Waals surface area contributed by atoms with E-state index in [1.807, 2.05) is 24.4 Å². The monoisotopic (exact) mass is 430 g/mol. The van der Waals surface area contributed by atoms with Crippen LogP contribution in [-0.4, -0.2) is 32.1 Å². The van der Waals surface area contributed by atoms with Gasteiger partial charge in [-0.15, -0.1) is 0 Å². The first-order chi connectivity index (χ1) is 13.6. The van der Waals surface area contributed by atoms with Crippen LogP contribution in [0.5, 0.6) is 0 Å². The lowest BCUT2D eigenvalue weighted by atomic mass is 9.80. The van der Waals surface area contributed by atoms with Gasteiger partial charge in [-0.1, -0.05) is 29.8 Å². The van der Waals surface area contributed by atoms with Crippen molar-refractivity contribution in [2.24, 2.45) is 0 Å². The zero-order valence-electron chi connectivity index (χ0n) is 17.7. The third-order valence-electron chi connectivity index (χ3n) is 5.19. The molecule has 2 aromatic rings. The first-order valence-corrected chi connectivity index (χ1v) is 10.9. The third kappa shape index (κ3) is 6.66. The minimum atomic E-state index is 0.0688. The Labute approximate surface area is 185 Å². The van der Waals surface area contributed by atoms with Gasteiger partial charge in [-0.25, -0.2) is 0 Å². The van der Waals surface area contributed by atoms with E-state index in [1.165, 1.54) is 5.56 Å². The molecular formula is C23H31ClN4S. The molecule has 0 amide bonds. The quantitative estimate of drug-likeness (QED) is 0.658. The summed E-state index contributed by atoms with van der Waals surface area (Å²) in [5.41, 5.74) is 2.45. The molecule has 29 heavy (non-hydrogen) atoms. The Kier molecular flexibility index (Phi) is 6.82. The van der Waals surface area contributed by atoms with Crippen molar-refractivity contribution in [2.75, 3.05) is 0 Å². The summed E-state index contributed by atoms with van der Waals surface area (Å²) in [5, 5.41) is 8.91. The summed E-state index contributed by atoms with van der Waals surface area (Å²) in [6, 6.07) is 12.3. The zero-order valence-corrected chi connectivity index (χ0v) is 19.3. The Balaban J connectivity index is 1.75. The molecule has 0 radical (unpaired) electrons. The number of thiocarbonyl (C=S) groups is 1. The van der Waals surface area contributed by atoms with Crippen molar-refractivity contribution in [3.63, 3.8) is 0 Å². The molecule has 0 atom stereocenters. The van der Waals surface area contributed by atoms with Gasteiger partial charge in [0.2, 0.25) is 0 Å². The van der Waals surface area contributed by atoms with Gasteiger partial charge in [-0.05, 0) is 82.1 Å². The second kappa shape index (κ2) is 8.99. The molecule has 156 valence electrons. The van der Waals surface area contributed by atoms with Crippen molar-refractivity contribution >= 4 is 28.9 Å². The molecule has 2 N–H and O–H groups in total. The lowest BCUT2D eigenvalue weighted by Crippen LogP contribution is -2.62. The van der Waals surface area contributed by atoms with E-state index >= 15 is 0 Å². The maximum atomic E-state index is 6.06. The van der Waals surface area contributed by atoms with Gasteiger partial charge in [0, 0.05) is 47.6 Å². The molecule has 0 saturated carbocycles. The first-order valence-electron chi connectivity index (χ1n) is 10.1. The van der Waals surface area contributed by atoms with Crippen LogP contribution >= 0.6 is 23.8 Å². The second-order valence-electron chi connectivity index (χ2n) is 9.29. The molecule has 1 aliphatic heterocycles. The van der Waals surface area contributed by atoms with Crippen LogP contribution in [0.3, 0.4) is 0 Å². The minimum absolute atomic E-state index is 0.0688. The Morgan fingerprint density at radius 1 is 1.10 bits per heavy atom. The van der Waals surface area contributed by atoms with Gasteiger partial charge in [0.15, 0.2) is 5.11 Å². The molecule has 6 heteroatoms. The molecule has 2 heterocycles. The molecule has 0 aliphatic carbocycles. The topological polar surface area (TPSA) is 40.2 Å². The average molecular weight is 431 g/mol. The minimum Gasteiger partial charge on any atom is -0.360 e. The summed E-state index contributed by atoms with van der Waals surface area (Å²) in [6.45, 7) is 10.5. The van der Waals surface area contributed by atoms with Gasteiger partial charge in [0.1, 0.15) is 0 Å². The standard InChI is InChI=1S/C23H31ClN4S/c1-22(2)12-20(13-23(3,4)27-22)26-21(29)28(16-18-6-5-11-25-14-18)15-17-7-9-19(24)10-8-17/h5-11,14,20,27H,12-13,15-16H2,1-4H3,(H,26,29). The zero-order chi connectivity index (χ0) is 21.1. The van der Waals surface area contributed by atoms with Gasteiger partial charge in [0.25, 0.3) is 0 Å². The molecular weight excluding hydrogens is 400 g/mol. The van der Waals surface area contributed by atoms with Crippen LogP contribution in [-0.2, 0) is 13.1 Å². The fourth-order valence-corrected chi connectivity index (χ4v) is 4.83. The van der Waals surface area contributed by atoms with Crippen LogP contribution in [0, 0.1) is 0 Å². The first kappa shape index (κ1) is 22.0. The van der Waals surface area contributed by atoms with E-state index in [4.69, 9.17) is 23.8 Å². The lowest BCUT2D eigenvalue weighted by molar-refractivity contribution is 0.153. The number of nitrogens with zero attached hydrogens (tertiary/aromatic N) is 2. The highest BCUT2D eigenvalue weighted by molar-refractivity contribution is 7.80. The highest BCUT2D eigenvalue weighted by Crippen LogP contribution is 2.28. The fourth-order valence-electron chi connectivity index (χ4n) is 4.41. The summed E-state index contributed by atoms with van der Waals surface area (Å²) in [4.78, 5) is 6.46. The summed E-state index contributed by atoms with van der Waals surface area (Å²) in [7, 11) is 0. The smallest absolute Gasteiger partial charge is 0.169 e. The van der Waals surface area contributed by atoms with Crippen molar-refractivity contribution in [1.82, 2.24) is 20.5 Å². The number of halogens is 1. The van der Waals surface area contributed by atoms with E-state index in [-0.39, 0.29) is 11.1 Å². The van der Waals surface area contributed by atoms with Crippen molar-refractivity contribution in [3.05, 3.63) is 64.9 Å². The molecule has 1 aromatic heterocycles. The number of rotatable bonds is 5. The number of benzene rings is 1. The van der Waals surface area contributed by atoms with Crippen molar-refractivity contribution in [1.29, 1.82) is 0 Å². The van der Waals surface area contributed by atoms with Crippen LogP contribution in [0.4, 0.5) is 0 Å². The normalized spacial score (nSPS) is 18.2. The van der Waals surface area contributed by atoms with E-state index in [2.05, 4.69) is 66.4 Å². The predicted octanol–water partition coefficient (Wildman–Crippen LogP) is 4.92. The van der Waals surface area contributed by atoms with Crippen LogP contribution < -0.4 is 10.6 Å². The fraction of sp³-hybridized carbons (Fsp3) is 0.478. The van der Waals surface area contributed by atoms with Crippen LogP contribution in [0.1, 0.15) is 51.7 Å². The number of nitrogens with one attached hydrogen (secondary N) is 2. The van der Waals surface area contributed by atoms with Crippen LogP contribution in [0.25, 0.3) is 0 Å². The van der Waals surface area contributed by atoms with Gasteiger partial charge in [0.05, 0.1) is 0 Å². The number of aromatic nitrogens is 1. The number of piperidine rings is 1. The third-order valence-corrected chi connectivity index (χ3v) is 5.82. The van der Waals surface area contributed by atoms with Gasteiger partial charge in [-0.3, -0.25) is 4.98 Å². The van der Waals surface area contributed by atoms with Crippen LogP contribution in [0.2, 0.25) is 5.02 Å². The molecule has 1 saturated heterocycles. The molecule has 0 bridgehead atoms. The summed E-state index contributed by atoms with van der Waals surface area (Å²) in [5.74, 6) is 0. The molecule has 4 nitrogen and oxygen atoms in total. The summed E-state index contributed by atoms with van der Waals surface area (Å²) in [6.07, 6.45) is 5.74. The second-order valence-corrected chi connectivity index (χ2v) is 10.1. The number of pyridine rings is 1. The maximum Gasteiger partial charge on any atom is 0.169 e. The molecule has 0 spiro atoms. The van der Waals surface area contributed by atoms with E-state index in [0.29, 0.717) is 12.6 Å². The SMILES string of the molecule is CC1(C)CC(NC(=S)N(Cc2ccc(Cl)cc2)Cc2cccnc2)CC(C)(C)N1. The average Bonchev–Trinajstić information content (AvgIpc) is 2.61. The number of hydrogen-bond donors (Lipinski definition) is 2. The highest BCUT2D eigenvalue weighted by atomic mass is 35.5. The summed E-state index contributed by atoms with van der Waals surface area (Å²) >= 11 is 11.9. The largest absolute Gasteiger partial charge is 0.360 e. The van der Waals surface area contributed by atoms with Crippen molar-refractivity contribution in [3.8, 4) is 0 Å². The Bertz CT molecular complexity index is 805. The molecule has 1 aromatic carbocycles. The molecule has 1 aliphatic rings. The van der Waals surface area contributed by atoms with E-state index < -0.39 is 0 Å². The Morgan fingerprint density at radius 2 is 1.72 bits per heavy atom. The van der Waals surface area contributed by atoms with E-state index in [9.17, 15) is 0 Å². The van der Waals surface area contributed by atoms with Gasteiger partial charge >= 0.3 is 0 Å².